The summed E-state index contributed by atoms with van der Waals surface area (Å²) < 4.78 is 7.02. The van der Waals surface area contributed by atoms with Crippen LogP contribution in [-0.4, -0.2) is 56.0 Å². The molecule has 1 heterocycles. The molecule has 1 saturated carbocycles. The van der Waals surface area contributed by atoms with Crippen LogP contribution in [0.4, 0.5) is 0 Å². The summed E-state index contributed by atoms with van der Waals surface area (Å²) in [6.07, 6.45) is 5.87. The van der Waals surface area contributed by atoms with Crippen molar-refractivity contribution < 1.29 is 14.3 Å². The highest BCUT2D eigenvalue weighted by Gasteiger charge is 2.28. The molecule has 174 valence electrons. The lowest BCUT2D eigenvalue weighted by atomic mass is 9.93. The van der Waals surface area contributed by atoms with Gasteiger partial charge < -0.3 is 14.2 Å². The van der Waals surface area contributed by atoms with Crippen LogP contribution in [0.1, 0.15) is 64.3 Å². The molecule has 0 aliphatic heterocycles. The summed E-state index contributed by atoms with van der Waals surface area (Å²) in [5, 5.41) is 9.21. The standard InChI is InChI=1S/C24H34N4O3S/c1-4-31-23(30)15-21-25-26-24(27(21)16-19-11-7-5-8-12-19)32-17-22(29)28(18(2)3)20-13-9-6-10-14-20/h5,7-8,11-12,18,20H,4,6,9-10,13-17H2,1-3H3. The molecule has 8 heteroatoms. The largest absolute Gasteiger partial charge is 0.466 e. The SMILES string of the molecule is CCOC(=O)Cc1nnc(SCC(=O)N(C(C)C)C2CCCCC2)n1Cc1ccccc1. The van der Waals surface area contributed by atoms with E-state index in [4.69, 9.17) is 4.74 Å². The van der Waals surface area contributed by atoms with Gasteiger partial charge in [0, 0.05) is 12.1 Å². The van der Waals surface area contributed by atoms with E-state index >= 15 is 0 Å². The third kappa shape index (κ3) is 6.58. The molecule has 0 atom stereocenters. The molecule has 0 radical (unpaired) electrons. The molecular weight excluding hydrogens is 424 g/mol. The molecule has 1 aromatic heterocycles. The lowest BCUT2D eigenvalue weighted by molar-refractivity contribution is -0.142. The monoisotopic (exact) mass is 458 g/mol. The first-order valence-corrected chi connectivity index (χ1v) is 12.5. The van der Waals surface area contributed by atoms with Crippen LogP contribution in [0.3, 0.4) is 0 Å². The normalized spacial score (nSPS) is 14.5. The van der Waals surface area contributed by atoms with E-state index in [0.717, 1.165) is 18.4 Å². The van der Waals surface area contributed by atoms with Crippen LogP contribution in [0.2, 0.25) is 0 Å². The molecular formula is C24H34N4O3S. The van der Waals surface area contributed by atoms with Gasteiger partial charge in [0.1, 0.15) is 12.2 Å². The van der Waals surface area contributed by atoms with Crippen molar-refractivity contribution in [3.8, 4) is 0 Å². The van der Waals surface area contributed by atoms with Crippen LogP contribution < -0.4 is 0 Å². The number of ether oxygens (including phenoxy) is 1. The zero-order valence-electron chi connectivity index (χ0n) is 19.3. The fourth-order valence-corrected chi connectivity index (χ4v) is 5.12. The number of nitrogens with zero attached hydrogens (tertiary/aromatic N) is 4. The second-order valence-corrected chi connectivity index (χ2v) is 9.37. The Labute approximate surface area is 194 Å². The predicted molar refractivity (Wildman–Crippen MR) is 125 cm³/mol. The zero-order valence-corrected chi connectivity index (χ0v) is 20.1. The molecule has 1 amide bonds. The second-order valence-electron chi connectivity index (χ2n) is 8.43. The summed E-state index contributed by atoms with van der Waals surface area (Å²) in [4.78, 5) is 27.3. The van der Waals surface area contributed by atoms with Gasteiger partial charge in [-0.15, -0.1) is 10.2 Å². The zero-order chi connectivity index (χ0) is 22.9. The van der Waals surface area contributed by atoms with Crippen LogP contribution in [0.15, 0.2) is 35.5 Å². The molecule has 1 aliphatic carbocycles. The fourth-order valence-electron chi connectivity index (χ4n) is 4.30. The Bertz CT molecular complexity index is 879. The van der Waals surface area contributed by atoms with Crippen LogP contribution in [0, 0.1) is 0 Å². The fraction of sp³-hybridized carbons (Fsp3) is 0.583. The van der Waals surface area contributed by atoms with E-state index in [-0.39, 0.29) is 24.3 Å². The maximum absolute atomic E-state index is 13.2. The lowest BCUT2D eigenvalue weighted by Gasteiger charge is -2.37. The summed E-state index contributed by atoms with van der Waals surface area (Å²) >= 11 is 1.39. The summed E-state index contributed by atoms with van der Waals surface area (Å²) in [6, 6.07) is 10.5. The van der Waals surface area contributed by atoms with Crippen molar-refractivity contribution in [1.29, 1.82) is 0 Å². The third-order valence-corrected chi connectivity index (χ3v) is 6.67. The van der Waals surface area contributed by atoms with Crippen molar-refractivity contribution in [2.75, 3.05) is 12.4 Å². The van der Waals surface area contributed by atoms with Gasteiger partial charge >= 0.3 is 5.97 Å². The lowest BCUT2D eigenvalue weighted by Crippen LogP contribution is -2.46. The number of rotatable bonds is 10. The maximum Gasteiger partial charge on any atom is 0.313 e. The number of thioether (sulfide) groups is 1. The van der Waals surface area contributed by atoms with Gasteiger partial charge in [0.2, 0.25) is 5.91 Å². The number of carbonyl (C=O) groups excluding carboxylic acids is 2. The molecule has 0 spiro atoms. The Morgan fingerprint density at radius 2 is 1.88 bits per heavy atom. The van der Waals surface area contributed by atoms with E-state index in [1.165, 1.54) is 31.0 Å². The predicted octanol–water partition coefficient (Wildman–Crippen LogP) is 4.09. The average molecular weight is 459 g/mol. The van der Waals surface area contributed by atoms with Crippen LogP contribution in [0.5, 0.6) is 0 Å². The minimum atomic E-state index is -0.329. The van der Waals surface area contributed by atoms with Crippen molar-refractivity contribution >= 4 is 23.6 Å². The van der Waals surface area contributed by atoms with E-state index in [0.29, 0.717) is 35.9 Å². The molecule has 0 saturated heterocycles. The minimum Gasteiger partial charge on any atom is -0.466 e. The number of carbonyl (C=O) groups is 2. The highest BCUT2D eigenvalue weighted by molar-refractivity contribution is 7.99. The number of esters is 1. The topological polar surface area (TPSA) is 77.3 Å². The maximum atomic E-state index is 13.2. The Balaban J connectivity index is 1.74. The molecule has 32 heavy (non-hydrogen) atoms. The number of amides is 1. The van der Waals surface area contributed by atoms with Crippen molar-refractivity contribution in [2.24, 2.45) is 0 Å². The Hall–Kier alpha value is -2.35. The van der Waals surface area contributed by atoms with Gasteiger partial charge in [-0.25, -0.2) is 0 Å². The summed E-state index contributed by atoms with van der Waals surface area (Å²) in [5.41, 5.74) is 1.08. The first kappa shape index (κ1) is 24.3. The van der Waals surface area contributed by atoms with Crippen LogP contribution in [-0.2, 0) is 27.3 Å². The van der Waals surface area contributed by atoms with Gasteiger partial charge in [0.15, 0.2) is 5.16 Å². The Morgan fingerprint density at radius 1 is 1.16 bits per heavy atom. The molecule has 1 aromatic carbocycles. The quantitative estimate of drug-likeness (QED) is 0.394. The van der Waals surface area contributed by atoms with E-state index < -0.39 is 0 Å². The Morgan fingerprint density at radius 3 is 2.53 bits per heavy atom. The average Bonchev–Trinajstić information content (AvgIpc) is 3.14. The van der Waals surface area contributed by atoms with E-state index in [1.54, 1.807) is 6.92 Å². The van der Waals surface area contributed by atoms with Crippen LogP contribution in [0.25, 0.3) is 0 Å². The smallest absolute Gasteiger partial charge is 0.313 e. The van der Waals surface area contributed by atoms with E-state index in [2.05, 4.69) is 28.9 Å². The summed E-state index contributed by atoms with van der Waals surface area (Å²) in [6.45, 7) is 6.83. The summed E-state index contributed by atoms with van der Waals surface area (Å²) in [7, 11) is 0. The molecule has 7 nitrogen and oxygen atoms in total. The molecule has 1 aliphatic rings. The molecule has 1 fully saturated rings. The highest BCUT2D eigenvalue weighted by atomic mass is 32.2. The first-order chi connectivity index (χ1) is 15.5. The van der Waals surface area contributed by atoms with Gasteiger partial charge in [-0.05, 0) is 39.2 Å². The van der Waals surface area contributed by atoms with Gasteiger partial charge in [0.25, 0.3) is 0 Å². The molecule has 0 N–H and O–H groups in total. The number of hydrogen-bond donors (Lipinski definition) is 0. The number of benzene rings is 1. The first-order valence-electron chi connectivity index (χ1n) is 11.5. The number of hydrogen-bond acceptors (Lipinski definition) is 6. The van der Waals surface area contributed by atoms with E-state index in [9.17, 15) is 9.59 Å². The molecule has 0 bridgehead atoms. The van der Waals surface area contributed by atoms with E-state index in [1.807, 2.05) is 34.9 Å². The van der Waals surface area contributed by atoms with Gasteiger partial charge in [-0.3, -0.25) is 9.59 Å². The van der Waals surface area contributed by atoms with Crippen molar-refractivity contribution in [3.05, 3.63) is 41.7 Å². The molecule has 3 rings (SSSR count). The van der Waals surface area contributed by atoms with Crippen LogP contribution >= 0.6 is 11.8 Å². The molecule has 0 unspecified atom stereocenters. The minimum absolute atomic E-state index is 0.0579. The Kier molecular flexibility index (Phi) is 9.14. The highest BCUT2D eigenvalue weighted by Crippen LogP contribution is 2.26. The van der Waals surface area contributed by atoms with Gasteiger partial charge in [-0.1, -0.05) is 61.4 Å². The van der Waals surface area contributed by atoms with Gasteiger partial charge in [-0.2, -0.15) is 0 Å². The third-order valence-electron chi connectivity index (χ3n) is 5.72. The molecule has 2 aromatic rings. The summed E-state index contributed by atoms with van der Waals surface area (Å²) in [5.74, 6) is 0.666. The number of aromatic nitrogens is 3. The van der Waals surface area contributed by atoms with Crippen molar-refractivity contribution in [2.45, 2.75) is 83.1 Å². The second kappa shape index (κ2) is 12.0. The van der Waals surface area contributed by atoms with Gasteiger partial charge in [0.05, 0.1) is 18.9 Å². The van der Waals surface area contributed by atoms with Crippen molar-refractivity contribution in [1.82, 2.24) is 19.7 Å². The van der Waals surface area contributed by atoms with Crippen molar-refractivity contribution in [3.63, 3.8) is 0 Å².